The molecule has 1 atom stereocenters. The summed E-state index contributed by atoms with van der Waals surface area (Å²) in [5, 5.41) is 4.01. The number of thiazole rings is 1. The number of ether oxygens (including phenoxy) is 1. The molecule has 0 spiro atoms. The summed E-state index contributed by atoms with van der Waals surface area (Å²) in [6, 6.07) is 7.74. The first-order valence-corrected chi connectivity index (χ1v) is 8.24. The van der Waals surface area contributed by atoms with E-state index in [0.717, 1.165) is 28.2 Å². The second kappa shape index (κ2) is 5.38. The molecule has 2 aromatic heterocycles. The molecule has 0 bridgehead atoms. The molecule has 120 valence electrons. The van der Waals surface area contributed by atoms with Gasteiger partial charge < -0.3 is 4.74 Å². The van der Waals surface area contributed by atoms with Gasteiger partial charge in [-0.25, -0.2) is 0 Å². The van der Waals surface area contributed by atoms with Gasteiger partial charge in [0.25, 0.3) is 11.1 Å². The minimum Gasteiger partial charge on any atom is -0.485 e. The topological polar surface area (TPSA) is 73.6 Å². The molecule has 7 heteroatoms. The third-order valence-corrected chi connectivity index (χ3v) is 4.81. The monoisotopic (exact) mass is 339 g/mol. The van der Waals surface area contributed by atoms with E-state index >= 15 is 0 Å². The van der Waals surface area contributed by atoms with Crippen LogP contribution < -0.4 is 20.4 Å². The van der Waals surface area contributed by atoms with E-state index in [1.807, 2.05) is 37.3 Å². The maximum Gasteiger partial charge on any atom is 0.295 e. The molecule has 1 unspecified atom stereocenters. The second-order valence-electron chi connectivity index (χ2n) is 5.55. The Labute approximate surface area is 140 Å². The number of benzene rings is 1. The van der Waals surface area contributed by atoms with Gasteiger partial charge in [0, 0.05) is 5.56 Å². The van der Waals surface area contributed by atoms with Crippen molar-refractivity contribution >= 4 is 28.4 Å². The SMILES string of the molecule is Cc1nn2c(=O)/c(=C\C3=Cc4ccccc4OC3C)sc2nc1=O. The van der Waals surface area contributed by atoms with E-state index in [4.69, 9.17) is 4.74 Å². The summed E-state index contributed by atoms with van der Waals surface area (Å²) < 4.78 is 7.53. The first-order valence-electron chi connectivity index (χ1n) is 7.42. The Morgan fingerprint density at radius 2 is 2.08 bits per heavy atom. The van der Waals surface area contributed by atoms with Crippen LogP contribution in [0, 0.1) is 6.92 Å². The predicted octanol–water partition coefficient (Wildman–Crippen LogP) is 1.18. The van der Waals surface area contributed by atoms with Crippen LogP contribution in [0.25, 0.3) is 17.1 Å². The Bertz CT molecular complexity index is 1160. The van der Waals surface area contributed by atoms with E-state index in [1.165, 1.54) is 4.52 Å². The van der Waals surface area contributed by atoms with Crippen molar-refractivity contribution < 1.29 is 4.74 Å². The van der Waals surface area contributed by atoms with Gasteiger partial charge in [0.1, 0.15) is 17.5 Å². The Kier molecular flexibility index (Phi) is 3.31. The minimum atomic E-state index is -0.412. The first-order chi connectivity index (χ1) is 11.5. The number of aryl methyl sites for hydroxylation is 1. The Morgan fingerprint density at radius 1 is 1.29 bits per heavy atom. The molecule has 3 aromatic rings. The van der Waals surface area contributed by atoms with Gasteiger partial charge in [-0.05, 0) is 37.6 Å². The quantitative estimate of drug-likeness (QED) is 0.666. The van der Waals surface area contributed by atoms with Crippen molar-refractivity contribution in [2.45, 2.75) is 20.0 Å². The van der Waals surface area contributed by atoms with Gasteiger partial charge in [-0.15, -0.1) is 0 Å². The van der Waals surface area contributed by atoms with Crippen LogP contribution in [0.15, 0.2) is 39.4 Å². The molecule has 0 radical (unpaired) electrons. The van der Waals surface area contributed by atoms with Crippen LogP contribution >= 0.6 is 11.3 Å². The van der Waals surface area contributed by atoms with E-state index < -0.39 is 5.56 Å². The average Bonchev–Trinajstić information content (AvgIpc) is 2.84. The van der Waals surface area contributed by atoms with Crippen LogP contribution in [0.1, 0.15) is 18.2 Å². The Morgan fingerprint density at radius 3 is 2.92 bits per heavy atom. The summed E-state index contributed by atoms with van der Waals surface area (Å²) in [5.41, 5.74) is 1.37. The molecule has 0 saturated heterocycles. The third kappa shape index (κ3) is 2.33. The van der Waals surface area contributed by atoms with Gasteiger partial charge in [0.2, 0.25) is 4.96 Å². The summed E-state index contributed by atoms with van der Waals surface area (Å²) in [6.45, 7) is 3.47. The van der Waals surface area contributed by atoms with Gasteiger partial charge in [-0.3, -0.25) is 9.59 Å². The zero-order chi connectivity index (χ0) is 16.8. The molecule has 4 rings (SSSR count). The van der Waals surface area contributed by atoms with Gasteiger partial charge >= 0.3 is 0 Å². The standard InChI is InChI=1S/C17H13N3O3S/c1-9-15(21)18-17-20(19-9)16(22)14(24-17)8-12-7-11-5-3-4-6-13(11)23-10(12)2/h3-8,10H,1-2H3/b14-8+. The van der Waals surface area contributed by atoms with Crippen LogP contribution in [0.3, 0.4) is 0 Å². The van der Waals surface area contributed by atoms with Crippen molar-refractivity contribution in [1.82, 2.24) is 14.6 Å². The predicted molar refractivity (Wildman–Crippen MR) is 92.3 cm³/mol. The van der Waals surface area contributed by atoms with Crippen molar-refractivity contribution in [3.8, 4) is 5.75 Å². The van der Waals surface area contributed by atoms with E-state index in [0.29, 0.717) is 9.49 Å². The second-order valence-corrected chi connectivity index (χ2v) is 6.56. The number of hydrogen-bond donors (Lipinski definition) is 0. The minimum absolute atomic E-state index is 0.174. The van der Waals surface area contributed by atoms with Crippen molar-refractivity contribution in [3.05, 3.63) is 66.3 Å². The van der Waals surface area contributed by atoms with E-state index in [-0.39, 0.29) is 17.4 Å². The highest BCUT2D eigenvalue weighted by Gasteiger charge is 2.17. The lowest BCUT2D eigenvalue weighted by Crippen LogP contribution is -2.28. The third-order valence-electron chi connectivity index (χ3n) is 3.85. The first kappa shape index (κ1) is 14.8. The summed E-state index contributed by atoms with van der Waals surface area (Å²) in [7, 11) is 0. The lowest BCUT2D eigenvalue weighted by Gasteiger charge is -2.22. The van der Waals surface area contributed by atoms with Crippen LogP contribution in [0.4, 0.5) is 0 Å². The number of hydrogen-bond acceptors (Lipinski definition) is 6. The number of fused-ring (bicyclic) bond motifs is 2. The summed E-state index contributed by atoms with van der Waals surface area (Å²) in [5.74, 6) is 0.824. The highest BCUT2D eigenvalue weighted by Crippen LogP contribution is 2.29. The van der Waals surface area contributed by atoms with Gasteiger partial charge in [-0.1, -0.05) is 29.5 Å². The molecule has 0 N–H and O–H groups in total. The average molecular weight is 339 g/mol. The lowest BCUT2D eigenvalue weighted by molar-refractivity contribution is 0.259. The van der Waals surface area contributed by atoms with Crippen LogP contribution in [-0.4, -0.2) is 20.7 Å². The van der Waals surface area contributed by atoms with E-state index in [1.54, 1.807) is 13.0 Å². The largest absolute Gasteiger partial charge is 0.485 e. The van der Waals surface area contributed by atoms with E-state index in [2.05, 4.69) is 10.1 Å². The fraction of sp³-hybridized carbons (Fsp3) is 0.176. The summed E-state index contributed by atoms with van der Waals surface area (Å²) in [6.07, 6.45) is 3.61. The molecule has 1 aliphatic rings. The van der Waals surface area contributed by atoms with Crippen molar-refractivity contribution in [1.29, 1.82) is 0 Å². The van der Waals surface area contributed by atoms with Crippen molar-refractivity contribution in [2.75, 3.05) is 0 Å². The number of nitrogens with zero attached hydrogens (tertiary/aromatic N) is 3. The highest BCUT2D eigenvalue weighted by molar-refractivity contribution is 7.15. The molecule has 6 nitrogen and oxygen atoms in total. The maximum absolute atomic E-state index is 12.5. The van der Waals surface area contributed by atoms with Gasteiger partial charge in [0.15, 0.2) is 0 Å². The molecule has 1 aliphatic heterocycles. The van der Waals surface area contributed by atoms with Crippen LogP contribution in [0.2, 0.25) is 0 Å². The fourth-order valence-corrected chi connectivity index (χ4v) is 3.46. The fourth-order valence-electron chi connectivity index (χ4n) is 2.56. The summed E-state index contributed by atoms with van der Waals surface area (Å²) in [4.78, 5) is 28.3. The van der Waals surface area contributed by atoms with Crippen LogP contribution in [0.5, 0.6) is 5.75 Å². The zero-order valence-corrected chi connectivity index (χ0v) is 13.8. The van der Waals surface area contributed by atoms with E-state index in [9.17, 15) is 9.59 Å². The highest BCUT2D eigenvalue weighted by atomic mass is 32.1. The molecule has 0 fully saturated rings. The summed E-state index contributed by atoms with van der Waals surface area (Å²) >= 11 is 1.15. The molecule has 0 aliphatic carbocycles. The van der Waals surface area contributed by atoms with Gasteiger partial charge in [-0.2, -0.15) is 14.6 Å². The zero-order valence-electron chi connectivity index (χ0n) is 13.0. The van der Waals surface area contributed by atoms with Crippen LogP contribution in [-0.2, 0) is 0 Å². The number of para-hydroxylation sites is 1. The normalized spacial score (nSPS) is 17.5. The maximum atomic E-state index is 12.5. The molecule has 1 aromatic carbocycles. The van der Waals surface area contributed by atoms with Crippen molar-refractivity contribution in [3.63, 3.8) is 0 Å². The molecule has 3 heterocycles. The lowest BCUT2D eigenvalue weighted by atomic mass is 10.0. The molecule has 24 heavy (non-hydrogen) atoms. The molecular weight excluding hydrogens is 326 g/mol. The molecular formula is C17H13N3O3S. The van der Waals surface area contributed by atoms with Crippen molar-refractivity contribution in [2.24, 2.45) is 0 Å². The smallest absolute Gasteiger partial charge is 0.295 e. The Balaban J connectivity index is 1.92. The number of rotatable bonds is 1. The Hall–Kier alpha value is -2.80. The molecule has 0 amide bonds. The molecule has 0 saturated carbocycles. The number of aromatic nitrogens is 3. The van der Waals surface area contributed by atoms with Gasteiger partial charge in [0.05, 0.1) is 4.53 Å².